The molecule has 1 saturated heterocycles. The van der Waals surface area contributed by atoms with Crippen molar-refractivity contribution in [3.05, 3.63) is 29.8 Å². The van der Waals surface area contributed by atoms with Crippen LogP contribution in [0.1, 0.15) is 44.6 Å². The highest BCUT2D eigenvalue weighted by Gasteiger charge is 2.22. The van der Waals surface area contributed by atoms with Crippen LogP contribution in [0.25, 0.3) is 0 Å². The topological polar surface area (TPSA) is 95.9 Å². The van der Waals surface area contributed by atoms with Gasteiger partial charge in [-0.15, -0.1) is 0 Å². The van der Waals surface area contributed by atoms with E-state index < -0.39 is 11.9 Å². The van der Waals surface area contributed by atoms with E-state index in [1.54, 1.807) is 4.90 Å². The van der Waals surface area contributed by atoms with Gasteiger partial charge in [-0.25, -0.2) is 0 Å². The van der Waals surface area contributed by atoms with E-state index in [4.69, 9.17) is 4.74 Å². The van der Waals surface area contributed by atoms with Gasteiger partial charge in [-0.2, -0.15) is 0 Å². The van der Waals surface area contributed by atoms with Gasteiger partial charge >= 0.3 is 5.97 Å². The molecule has 0 aromatic heterocycles. The van der Waals surface area contributed by atoms with Crippen LogP contribution in [0.2, 0.25) is 0 Å². The second kappa shape index (κ2) is 11.3. The third-order valence-corrected chi connectivity index (χ3v) is 4.87. The Morgan fingerprint density at radius 3 is 2.57 bits per heavy atom. The fraction of sp³-hybridized carbons (Fsp3) is 0.571. The number of carbonyl (C=O) groups is 3. The number of carboxylic acids is 1. The number of carbonyl (C=O) groups excluding carboxylic acids is 2. The SMILES string of the molecule is CCOc1ccc(CC(CNC(=O)CN2CCCCCCC2=O)C(=O)O)cc1. The number of likely N-dealkylation sites (tertiary alicyclic amines) is 1. The van der Waals surface area contributed by atoms with Crippen LogP contribution in [0, 0.1) is 5.92 Å². The van der Waals surface area contributed by atoms with Crippen LogP contribution in [-0.4, -0.2) is 54.0 Å². The summed E-state index contributed by atoms with van der Waals surface area (Å²) < 4.78 is 5.38. The summed E-state index contributed by atoms with van der Waals surface area (Å²) in [5, 5.41) is 12.2. The number of carboxylic acid groups (broad SMARTS) is 1. The molecule has 1 aliphatic heterocycles. The first-order valence-corrected chi connectivity index (χ1v) is 9.98. The van der Waals surface area contributed by atoms with Gasteiger partial charge in [0, 0.05) is 19.5 Å². The number of aliphatic carboxylic acids is 1. The number of nitrogens with one attached hydrogen (secondary N) is 1. The van der Waals surface area contributed by atoms with Gasteiger partial charge in [0.2, 0.25) is 11.8 Å². The Kier molecular flexibility index (Phi) is 8.78. The van der Waals surface area contributed by atoms with Crippen molar-refractivity contribution in [2.24, 2.45) is 5.92 Å². The third-order valence-electron chi connectivity index (χ3n) is 4.87. The number of amides is 2. The van der Waals surface area contributed by atoms with E-state index >= 15 is 0 Å². The lowest BCUT2D eigenvalue weighted by Gasteiger charge is -2.24. The molecule has 1 aromatic rings. The molecule has 1 aliphatic rings. The summed E-state index contributed by atoms with van der Waals surface area (Å²) in [4.78, 5) is 37.5. The maximum absolute atomic E-state index is 12.2. The monoisotopic (exact) mass is 390 g/mol. The molecule has 0 aliphatic carbocycles. The molecule has 2 rings (SSSR count). The summed E-state index contributed by atoms with van der Waals surface area (Å²) >= 11 is 0. The molecule has 1 unspecified atom stereocenters. The van der Waals surface area contributed by atoms with Crippen LogP contribution in [0.5, 0.6) is 5.75 Å². The van der Waals surface area contributed by atoms with E-state index in [1.807, 2.05) is 31.2 Å². The lowest BCUT2D eigenvalue weighted by atomic mass is 9.99. The van der Waals surface area contributed by atoms with Crippen LogP contribution < -0.4 is 10.1 Å². The highest BCUT2D eigenvalue weighted by molar-refractivity contribution is 5.85. The van der Waals surface area contributed by atoms with Crippen LogP contribution in [0.3, 0.4) is 0 Å². The van der Waals surface area contributed by atoms with E-state index in [1.165, 1.54) is 0 Å². The van der Waals surface area contributed by atoms with Gasteiger partial charge in [-0.1, -0.05) is 25.0 Å². The molecule has 2 amide bonds. The fourth-order valence-electron chi connectivity index (χ4n) is 3.27. The first kappa shape index (κ1) is 21.7. The maximum Gasteiger partial charge on any atom is 0.308 e. The summed E-state index contributed by atoms with van der Waals surface area (Å²) in [6.45, 7) is 3.08. The summed E-state index contributed by atoms with van der Waals surface area (Å²) in [7, 11) is 0. The van der Waals surface area contributed by atoms with Crippen molar-refractivity contribution in [3.63, 3.8) is 0 Å². The van der Waals surface area contributed by atoms with Gasteiger partial charge in [0.25, 0.3) is 0 Å². The van der Waals surface area contributed by atoms with Crippen molar-refractivity contribution < 1.29 is 24.2 Å². The fourth-order valence-corrected chi connectivity index (χ4v) is 3.27. The number of hydrogen-bond donors (Lipinski definition) is 2. The van der Waals surface area contributed by atoms with Gasteiger partial charge in [0.1, 0.15) is 5.75 Å². The average Bonchev–Trinajstić information content (AvgIpc) is 2.66. The minimum atomic E-state index is -0.962. The molecule has 7 nitrogen and oxygen atoms in total. The molecule has 0 bridgehead atoms. The number of hydrogen-bond acceptors (Lipinski definition) is 4. The smallest absolute Gasteiger partial charge is 0.308 e. The normalized spacial score (nSPS) is 16.0. The predicted octanol–water partition coefficient (Wildman–Crippen LogP) is 2.24. The molecular weight excluding hydrogens is 360 g/mol. The van der Waals surface area contributed by atoms with Crippen LogP contribution >= 0.6 is 0 Å². The maximum atomic E-state index is 12.2. The summed E-state index contributed by atoms with van der Waals surface area (Å²) in [6.07, 6.45) is 4.66. The lowest BCUT2D eigenvalue weighted by Crippen LogP contribution is -2.43. The van der Waals surface area contributed by atoms with E-state index in [-0.39, 0.29) is 24.9 Å². The zero-order valence-electron chi connectivity index (χ0n) is 16.5. The van der Waals surface area contributed by atoms with E-state index in [2.05, 4.69) is 5.32 Å². The molecule has 1 heterocycles. The van der Waals surface area contributed by atoms with Crippen molar-refractivity contribution in [1.29, 1.82) is 0 Å². The number of nitrogens with zero attached hydrogens (tertiary/aromatic N) is 1. The van der Waals surface area contributed by atoms with Gasteiger partial charge < -0.3 is 20.1 Å². The Bertz CT molecular complexity index is 659. The molecule has 1 fully saturated rings. The van der Waals surface area contributed by atoms with Crippen molar-refractivity contribution in [2.45, 2.75) is 45.4 Å². The Labute approximate surface area is 166 Å². The first-order chi connectivity index (χ1) is 13.5. The van der Waals surface area contributed by atoms with E-state index in [0.717, 1.165) is 37.0 Å². The molecule has 1 atom stereocenters. The molecule has 0 saturated carbocycles. The zero-order valence-corrected chi connectivity index (χ0v) is 16.5. The summed E-state index contributed by atoms with van der Waals surface area (Å²) in [5.41, 5.74) is 0.865. The predicted molar refractivity (Wildman–Crippen MR) is 105 cm³/mol. The third kappa shape index (κ3) is 7.21. The Hall–Kier alpha value is -2.57. The minimum absolute atomic E-state index is 0.000905. The van der Waals surface area contributed by atoms with Crippen LogP contribution in [-0.2, 0) is 20.8 Å². The Morgan fingerprint density at radius 2 is 1.89 bits per heavy atom. The van der Waals surface area contributed by atoms with Gasteiger partial charge in [-0.3, -0.25) is 14.4 Å². The van der Waals surface area contributed by atoms with Crippen LogP contribution in [0.15, 0.2) is 24.3 Å². The molecule has 2 N–H and O–H groups in total. The van der Waals surface area contributed by atoms with Gasteiger partial charge in [0.15, 0.2) is 0 Å². The molecule has 0 radical (unpaired) electrons. The van der Waals surface area contributed by atoms with Crippen molar-refractivity contribution in [2.75, 3.05) is 26.2 Å². The molecule has 0 spiro atoms. The number of ether oxygens (including phenoxy) is 1. The Balaban J connectivity index is 1.85. The largest absolute Gasteiger partial charge is 0.494 e. The first-order valence-electron chi connectivity index (χ1n) is 9.98. The second-order valence-corrected chi connectivity index (χ2v) is 7.10. The quantitative estimate of drug-likeness (QED) is 0.674. The molecule has 154 valence electrons. The number of benzene rings is 1. The van der Waals surface area contributed by atoms with Crippen LogP contribution in [0.4, 0.5) is 0 Å². The van der Waals surface area contributed by atoms with Crippen molar-refractivity contribution in [1.82, 2.24) is 10.2 Å². The summed E-state index contributed by atoms with van der Waals surface area (Å²) in [6, 6.07) is 7.29. The molecular formula is C21H30N2O5. The standard InChI is InChI=1S/C21H30N2O5/c1-2-28-18-10-8-16(9-11-18)13-17(21(26)27)14-22-19(24)15-23-12-6-4-3-5-7-20(23)25/h8-11,17H,2-7,12-15H2,1H3,(H,22,24)(H,26,27). The highest BCUT2D eigenvalue weighted by Crippen LogP contribution is 2.15. The average molecular weight is 390 g/mol. The Morgan fingerprint density at radius 1 is 1.18 bits per heavy atom. The van der Waals surface area contributed by atoms with E-state index in [0.29, 0.717) is 26.0 Å². The second-order valence-electron chi connectivity index (χ2n) is 7.10. The number of rotatable bonds is 9. The van der Waals surface area contributed by atoms with Crippen molar-refractivity contribution >= 4 is 17.8 Å². The molecule has 28 heavy (non-hydrogen) atoms. The van der Waals surface area contributed by atoms with Crippen molar-refractivity contribution in [3.8, 4) is 5.75 Å². The van der Waals surface area contributed by atoms with Gasteiger partial charge in [-0.05, 0) is 43.9 Å². The molecule has 7 heteroatoms. The highest BCUT2D eigenvalue weighted by atomic mass is 16.5. The molecule has 1 aromatic carbocycles. The lowest BCUT2D eigenvalue weighted by molar-refractivity contribution is -0.142. The van der Waals surface area contributed by atoms with E-state index in [9.17, 15) is 19.5 Å². The summed E-state index contributed by atoms with van der Waals surface area (Å²) in [5.74, 6) is -1.27. The van der Waals surface area contributed by atoms with Gasteiger partial charge in [0.05, 0.1) is 19.1 Å². The minimum Gasteiger partial charge on any atom is -0.494 e. The zero-order chi connectivity index (χ0) is 20.4.